The topological polar surface area (TPSA) is 29.0 Å². The van der Waals surface area contributed by atoms with Gasteiger partial charge in [-0.1, -0.05) is 18.2 Å². The molecule has 0 saturated carbocycles. The molecule has 1 N–H and O–H groups in total. The van der Waals surface area contributed by atoms with Crippen LogP contribution >= 0.6 is 0 Å². The van der Waals surface area contributed by atoms with Gasteiger partial charge in [0.2, 0.25) is 6.33 Å². The Bertz CT molecular complexity index is 400. The summed E-state index contributed by atoms with van der Waals surface area (Å²) in [6.07, 6.45) is 5.89. The van der Waals surface area contributed by atoms with Crippen molar-refractivity contribution in [2.75, 3.05) is 6.61 Å². The van der Waals surface area contributed by atoms with Gasteiger partial charge in [0.05, 0.1) is 6.61 Å². The number of aliphatic hydroxyl groups excluding tert-OH is 1. The highest BCUT2D eigenvalue weighted by molar-refractivity contribution is 5.30. The molecule has 3 nitrogen and oxygen atoms in total. The van der Waals surface area contributed by atoms with Crippen molar-refractivity contribution in [1.82, 2.24) is 4.57 Å². The predicted octanol–water partition coefficient (Wildman–Crippen LogP) is -2.24. The van der Waals surface area contributed by atoms with Gasteiger partial charge in [0.25, 0.3) is 0 Å². The average molecular weight is 269 g/mol. The lowest BCUT2D eigenvalue weighted by atomic mass is 10.3. The van der Waals surface area contributed by atoms with Gasteiger partial charge in [-0.3, -0.25) is 0 Å². The lowest BCUT2D eigenvalue weighted by molar-refractivity contribution is -0.697. The Balaban J connectivity index is 0.00000112. The van der Waals surface area contributed by atoms with E-state index < -0.39 is 0 Å². The maximum atomic E-state index is 8.77. The summed E-state index contributed by atoms with van der Waals surface area (Å²) in [5.74, 6) is 0. The molecule has 0 saturated heterocycles. The van der Waals surface area contributed by atoms with E-state index in [1.807, 2.05) is 58.2 Å². The summed E-state index contributed by atoms with van der Waals surface area (Å²) in [6.45, 7) is 0.809. The first kappa shape index (κ1) is 11.9. The Morgan fingerprint density at radius 3 is 2.60 bits per heavy atom. The van der Waals surface area contributed by atoms with Crippen LogP contribution in [0.3, 0.4) is 0 Å². The first-order valence-electron chi connectivity index (χ1n) is 4.63. The van der Waals surface area contributed by atoms with E-state index in [1.54, 1.807) is 0 Å². The maximum Gasteiger partial charge on any atom is 0.249 e. The van der Waals surface area contributed by atoms with Crippen LogP contribution in [0, 0.1) is 0 Å². The van der Waals surface area contributed by atoms with Crippen LogP contribution in [-0.2, 0) is 6.54 Å². The van der Waals surface area contributed by atoms with Gasteiger partial charge in [-0.2, -0.15) is 0 Å². The van der Waals surface area contributed by atoms with E-state index in [2.05, 4.69) is 0 Å². The first-order valence-corrected chi connectivity index (χ1v) is 4.63. The van der Waals surface area contributed by atoms with Gasteiger partial charge in [-0.05, 0) is 12.1 Å². The minimum Gasteiger partial charge on any atom is -1.00 e. The van der Waals surface area contributed by atoms with Crippen molar-refractivity contribution in [1.29, 1.82) is 0 Å². The predicted molar refractivity (Wildman–Crippen MR) is 53.0 cm³/mol. The summed E-state index contributed by atoms with van der Waals surface area (Å²) in [7, 11) is 0. The van der Waals surface area contributed by atoms with Crippen LogP contribution in [0.15, 0.2) is 49.1 Å². The van der Waals surface area contributed by atoms with Crippen LogP contribution in [0.2, 0.25) is 0 Å². The zero-order chi connectivity index (χ0) is 9.80. The Hall–Kier alpha value is -1.13. The van der Waals surface area contributed by atoms with E-state index in [9.17, 15) is 0 Å². The fraction of sp³-hybridized carbons (Fsp3) is 0.182. The Kier molecular flexibility index (Phi) is 4.52. The summed E-state index contributed by atoms with van der Waals surface area (Å²) >= 11 is 0. The molecular formula is C11H13BrN2O. The zero-order valence-electron chi connectivity index (χ0n) is 8.25. The van der Waals surface area contributed by atoms with Crippen LogP contribution in [0.4, 0.5) is 0 Å². The van der Waals surface area contributed by atoms with Crippen molar-refractivity contribution in [3.05, 3.63) is 49.1 Å². The summed E-state index contributed by atoms with van der Waals surface area (Å²) in [4.78, 5) is 0. The van der Waals surface area contributed by atoms with Crippen molar-refractivity contribution in [2.24, 2.45) is 0 Å². The van der Waals surface area contributed by atoms with E-state index in [4.69, 9.17) is 5.11 Å². The van der Waals surface area contributed by atoms with Gasteiger partial charge in [0.1, 0.15) is 24.6 Å². The van der Waals surface area contributed by atoms with Gasteiger partial charge < -0.3 is 22.1 Å². The van der Waals surface area contributed by atoms with Crippen molar-refractivity contribution in [3.63, 3.8) is 0 Å². The molecule has 4 heteroatoms. The average Bonchev–Trinajstić information content (AvgIpc) is 2.68. The molecule has 2 aromatic rings. The van der Waals surface area contributed by atoms with Crippen molar-refractivity contribution >= 4 is 0 Å². The number of hydrogen-bond donors (Lipinski definition) is 1. The molecule has 2 rings (SSSR count). The van der Waals surface area contributed by atoms with E-state index in [0.29, 0.717) is 6.54 Å². The summed E-state index contributed by atoms with van der Waals surface area (Å²) in [5, 5.41) is 8.77. The first-order chi connectivity index (χ1) is 6.90. The number of halogens is 1. The van der Waals surface area contributed by atoms with Gasteiger partial charge in [-0.25, -0.2) is 9.13 Å². The number of aromatic nitrogens is 2. The lowest BCUT2D eigenvalue weighted by Gasteiger charge is -1.93. The number of nitrogens with zero attached hydrogens (tertiary/aromatic N) is 2. The van der Waals surface area contributed by atoms with E-state index >= 15 is 0 Å². The number of hydrogen-bond acceptors (Lipinski definition) is 1. The maximum absolute atomic E-state index is 8.77. The number of benzene rings is 1. The van der Waals surface area contributed by atoms with Crippen LogP contribution in [0.1, 0.15) is 0 Å². The SMILES string of the molecule is OCC[n+]1ccn(-c2ccccc2)c1.[Br-]. The number of imidazole rings is 1. The molecular weight excluding hydrogens is 256 g/mol. The smallest absolute Gasteiger partial charge is 0.249 e. The molecule has 0 aliphatic carbocycles. The minimum absolute atomic E-state index is 0. The Labute approximate surface area is 99.4 Å². The molecule has 0 spiro atoms. The van der Waals surface area contributed by atoms with E-state index in [0.717, 1.165) is 5.69 Å². The van der Waals surface area contributed by atoms with Crippen LogP contribution < -0.4 is 21.5 Å². The second-order valence-corrected chi connectivity index (χ2v) is 3.12. The van der Waals surface area contributed by atoms with Gasteiger partial charge in [-0.15, -0.1) is 0 Å². The van der Waals surface area contributed by atoms with Crippen LogP contribution in [0.5, 0.6) is 0 Å². The van der Waals surface area contributed by atoms with E-state index in [1.165, 1.54) is 0 Å². The summed E-state index contributed by atoms with van der Waals surface area (Å²) in [5.41, 5.74) is 1.13. The number of aliphatic hydroxyl groups is 1. The van der Waals surface area contributed by atoms with Crippen molar-refractivity contribution in [3.8, 4) is 5.69 Å². The number of para-hydroxylation sites is 1. The second kappa shape index (κ2) is 5.68. The van der Waals surface area contributed by atoms with Crippen LogP contribution in [0.25, 0.3) is 5.69 Å². The highest BCUT2D eigenvalue weighted by Crippen LogP contribution is 2.04. The minimum atomic E-state index is 0. The van der Waals surface area contributed by atoms with Gasteiger partial charge >= 0.3 is 0 Å². The molecule has 0 amide bonds. The molecule has 80 valence electrons. The van der Waals surface area contributed by atoms with Crippen molar-refractivity contribution in [2.45, 2.75) is 6.54 Å². The van der Waals surface area contributed by atoms with Crippen molar-refractivity contribution < 1.29 is 26.7 Å². The van der Waals surface area contributed by atoms with Crippen LogP contribution in [-0.4, -0.2) is 16.3 Å². The fourth-order valence-corrected chi connectivity index (χ4v) is 1.39. The quantitative estimate of drug-likeness (QED) is 0.627. The standard InChI is InChI=1S/C11H13N2O.BrH/c14-9-8-12-6-7-13(10-12)11-4-2-1-3-5-11;/h1-7,10,14H,8-9H2;1H/q+1;/p-1. The third-order valence-electron chi connectivity index (χ3n) is 2.10. The molecule has 0 radical (unpaired) electrons. The Morgan fingerprint density at radius 1 is 1.20 bits per heavy atom. The largest absolute Gasteiger partial charge is 1.00 e. The lowest BCUT2D eigenvalue weighted by Crippen LogP contribution is -3.00. The second-order valence-electron chi connectivity index (χ2n) is 3.12. The third kappa shape index (κ3) is 2.91. The molecule has 1 aromatic carbocycles. The molecule has 1 heterocycles. The molecule has 0 atom stereocenters. The summed E-state index contributed by atoms with van der Waals surface area (Å²) < 4.78 is 3.97. The molecule has 0 bridgehead atoms. The van der Waals surface area contributed by atoms with Gasteiger partial charge in [0, 0.05) is 0 Å². The fourth-order valence-electron chi connectivity index (χ4n) is 1.39. The van der Waals surface area contributed by atoms with Gasteiger partial charge in [0.15, 0.2) is 0 Å². The molecule has 0 unspecified atom stereocenters. The monoisotopic (exact) mass is 268 g/mol. The highest BCUT2D eigenvalue weighted by atomic mass is 79.9. The normalized spacial score (nSPS) is 9.67. The molecule has 0 aliphatic rings. The Morgan fingerprint density at radius 2 is 1.93 bits per heavy atom. The molecule has 1 aromatic heterocycles. The highest BCUT2D eigenvalue weighted by Gasteiger charge is 2.04. The van der Waals surface area contributed by atoms with E-state index in [-0.39, 0.29) is 23.6 Å². The number of rotatable bonds is 3. The zero-order valence-corrected chi connectivity index (χ0v) is 9.84. The molecule has 0 fully saturated rings. The summed E-state index contributed by atoms with van der Waals surface area (Å²) in [6, 6.07) is 10.1. The third-order valence-corrected chi connectivity index (χ3v) is 2.10. The molecule has 0 aliphatic heterocycles. The molecule has 15 heavy (non-hydrogen) atoms.